The summed E-state index contributed by atoms with van der Waals surface area (Å²) in [6.07, 6.45) is 3.23. The van der Waals surface area contributed by atoms with E-state index in [2.05, 4.69) is 52.9 Å². The first-order valence-electron chi connectivity index (χ1n) is 8.48. The maximum Gasteiger partial charge on any atom is 0.191 e. The number of rotatable bonds is 7. The van der Waals surface area contributed by atoms with Gasteiger partial charge in [0.1, 0.15) is 0 Å². The van der Waals surface area contributed by atoms with Gasteiger partial charge in [-0.25, -0.2) is 0 Å². The minimum atomic E-state index is 0.282. The molecule has 1 heterocycles. The summed E-state index contributed by atoms with van der Waals surface area (Å²) in [5.41, 5.74) is 1.35. The van der Waals surface area contributed by atoms with Crippen molar-refractivity contribution in [2.75, 3.05) is 39.1 Å². The molecule has 1 aliphatic heterocycles. The third-order valence-corrected chi connectivity index (χ3v) is 5.66. The largest absolute Gasteiger partial charge is 0.381 e. The first-order valence-corrected chi connectivity index (χ1v) is 9.47. The van der Waals surface area contributed by atoms with Crippen molar-refractivity contribution in [2.45, 2.75) is 30.9 Å². The number of guanidine groups is 1. The Morgan fingerprint density at radius 2 is 1.96 bits per heavy atom. The Kier molecular flexibility index (Phi) is 7.76. The van der Waals surface area contributed by atoms with Gasteiger partial charge in [0, 0.05) is 38.1 Å². The van der Waals surface area contributed by atoms with Gasteiger partial charge in [-0.2, -0.15) is 11.8 Å². The lowest BCUT2D eigenvalue weighted by Crippen LogP contribution is -2.48. The van der Waals surface area contributed by atoms with Crippen LogP contribution >= 0.6 is 11.8 Å². The van der Waals surface area contributed by atoms with E-state index in [1.54, 1.807) is 0 Å². The zero-order chi connectivity index (χ0) is 16.4. The highest BCUT2D eigenvalue weighted by Gasteiger charge is 2.32. The van der Waals surface area contributed by atoms with Crippen LogP contribution in [0.25, 0.3) is 0 Å². The average molecular weight is 336 g/mol. The van der Waals surface area contributed by atoms with Crippen LogP contribution in [0.15, 0.2) is 35.3 Å². The van der Waals surface area contributed by atoms with Crippen molar-refractivity contribution < 1.29 is 4.74 Å². The number of benzene rings is 1. The van der Waals surface area contributed by atoms with Crippen molar-refractivity contribution in [3.05, 3.63) is 35.9 Å². The smallest absolute Gasteiger partial charge is 0.191 e. The normalized spacial score (nSPS) is 17.7. The number of aliphatic imine (C=N–C) groups is 1. The summed E-state index contributed by atoms with van der Waals surface area (Å²) in [6.45, 7) is 5.80. The maximum atomic E-state index is 5.53. The van der Waals surface area contributed by atoms with Gasteiger partial charge in [-0.1, -0.05) is 37.3 Å². The van der Waals surface area contributed by atoms with Gasteiger partial charge < -0.3 is 15.4 Å². The fraction of sp³-hybridized carbons (Fsp3) is 0.611. The summed E-state index contributed by atoms with van der Waals surface area (Å²) in [5, 5.41) is 6.93. The third kappa shape index (κ3) is 6.07. The van der Waals surface area contributed by atoms with E-state index in [-0.39, 0.29) is 4.75 Å². The standard InChI is InChI=1S/C18H29N3OS/c1-3-23-18(10-13-22-14-11-18)15-21-17(19-2)20-12-9-16-7-5-4-6-8-16/h4-8H,3,9-15H2,1-2H3,(H2,19,20,21). The molecule has 23 heavy (non-hydrogen) atoms. The molecular formula is C18H29N3OS. The molecule has 1 aliphatic rings. The number of hydrogen-bond acceptors (Lipinski definition) is 3. The zero-order valence-corrected chi connectivity index (χ0v) is 15.1. The van der Waals surface area contributed by atoms with Gasteiger partial charge in [-0.15, -0.1) is 0 Å². The number of nitrogens with one attached hydrogen (secondary N) is 2. The van der Waals surface area contributed by atoms with Crippen molar-refractivity contribution in [1.82, 2.24) is 10.6 Å². The minimum absolute atomic E-state index is 0.282. The topological polar surface area (TPSA) is 45.7 Å². The Bertz CT molecular complexity index is 467. The molecule has 5 heteroatoms. The number of thioether (sulfide) groups is 1. The van der Waals surface area contributed by atoms with Crippen LogP contribution in [-0.4, -0.2) is 49.8 Å². The highest BCUT2D eigenvalue weighted by Crippen LogP contribution is 2.34. The predicted octanol–water partition coefficient (Wildman–Crippen LogP) is 2.70. The molecule has 0 radical (unpaired) electrons. The Balaban J connectivity index is 1.77. The van der Waals surface area contributed by atoms with Crippen molar-refractivity contribution in [1.29, 1.82) is 0 Å². The zero-order valence-electron chi connectivity index (χ0n) is 14.3. The molecule has 1 aromatic rings. The van der Waals surface area contributed by atoms with Gasteiger partial charge in [0.15, 0.2) is 5.96 Å². The Hall–Kier alpha value is -1.20. The lowest BCUT2D eigenvalue weighted by atomic mass is 9.99. The van der Waals surface area contributed by atoms with E-state index in [0.29, 0.717) is 0 Å². The van der Waals surface area contributed by atoms with Gasteiger partial charge in [0.2, 0.25) is 0 Å². The van der Waals surface area contributed by atoms with Crippen LogP contribution in [0.4, 0.5) is 0 Å². The van der Waals surface area contributed by atoms with E-state index in [0.717, 1.165) is 57.3 Å². The average Bonchev–Trinajstić information content (AvgIpc) is 2.60. The highest BCUT2D eigenvalue weighted by molar-refractivity contribution is 8.00. The lowest BCUT2D eigenvalue weighted by Gasteiger charge is -2.37. The van der Waals surface area contributed by atoms with E-state index in [9.17, 15) is 0 Å². The molecule has 0 bridgehead atoms. The summed E-state index contributed by atoms with van der Waals surface area (Å²) < 4.78 is 5.81. The van der Waals surface area contributed by atoms with Crippen molar-refractivity contribution in [3.63, 3.8) is 0 Å². The van der Waals surface area contributed by atoms with Crippen LogP contribution in [0, 0.1) is 0 Å². The molecular weight excluding hydrogens is 306 g/mol. The molecule has 0 saturated carbocycles. The van der Waals surface area contributed by atoms with Gasteiger partial charge in [-0.3, -0.25) is 4.99 Å². The van der Waals surface area contributed by atoms with Gasteiger partial charge in [0.05, 0.1) is 0 Å². The quantitative estimate of drug-likeness (QED) is 0.594. The first kappa shape index (κ1) is 18.1. The number of nitrogens with zero attached hydrogens (tertiary/aromatic N) is 1. The van der Waals surface area contributed by atoms with Crippen LogP contribution in [0.3, 0.4) is 0 Å². The van der Waals surface area contributed by atoms with E-state index in [4.69, 9.17) is 4.74 Å². The lowest BCUT2D eigenvalue weighted by molar-refractivity contribution is 0.0782. The second kappa shape index (κ2) is 9.83. The number of hydrogen-bond donors (Lipinski definition) is 2. The van der Waals surface area contributed by atoms with Crippen LogP contribution in [0.2, 0.25) is 0 Å². The Morgan fingerprint density at radius 1 is 1.22 bits per heavy atom. The highest BCUT2D eigenvalue weighted by atomic mass is 32.2. The fourth-order valence-corrected chi connectivity index (χ4v) is 4.10. The SMILES string of the molecule is CCSC1(CNC(=NC)NCCc2ccccc2)CCOCC1. The molecule has 2 rings (SSSR count). The molecule has 1 aromatic carbocycles. The third-order valence-electron chi connectivity index (χ3n) is 4.21. The van der Waals surface area contributed by atoms with Crippen LogP contribution < -0.4 is 10.6 Å². The summed E-state index contributed by atoms with van der Waals surface area (Å²) in [7, 11) is 1.83. The van der Waals surface area contributed by atoms with E-state index in [1.165, 1.54) is 5.56 Å². The minimum Gasteiger partial charge on any atom is -0.381 e. The fourth-order valence-electron chi connectivity index (χ4n) is 2.86. The summed E-state index contributed by atoms with van der Waals surface area (Å²) >= 11 is 2.05. The molecule has 2 N–H and O–H groups in total. The van der Waals surface area contributed by atoms with Crippen LogP contribution in [0.5, 0.6) is 0 Å². The maximum absolute atomic E-state index is 5.53. The van der Waals surface area contributed by atoms with Crippen molar-refractivity contribution >= 4 is 17.7 Å². The Morgan fingerprint density at radius 3 is 2.61 bits per heavy atom. The summed E-state index contributed by atoms with van der Waals surface area (Å²) in [4.78, 5) is 4.35. The van der Waals surface area contributed by atoms with E-state index in [1.807, 2.05) is 18.8 Å². The molecule has 0 atom stereocenters. The summed E-state index contributed by atoms with van der Waals surface area (Å²) in [5.74, 6) is 2.03. The van der Waals surface area contributed by atoms with Crippen LogP contribution in [-0.2, 0) is 11.2 Å². The molecule has 0 unspecified atom stereocenters. The van der Waals surface area contributed by atoms with Crippen molar-refractivity contribution in [2.24, 2.45) is 4.99 Å². The van der Waals surface area contributed by atoms with Crippen molar-refractivity contribution in [3.8, 4) is 0 Å². The Labute approximate surface area is 144 Å². The van der Waals surface area contributed by atoms with Crippen LogP contribution in [0.1, 0.15) is 25.3 Å². The predicted molar refractivity (Wildman–Crippen MR) is 100 cm³/mol. The molecule has 128 valence electrons. The number of ether oxygens (including phenoxy) is 1. The molecule has 0 spiro atoms. The van der Waals surface area contributed by atoms with E-state index < -0.39 is 0 Å². The molecule has 0 aromatic heterocycles. The first-order chi connectivity index (χ1) is 11.3. The second-order valence-electron chi connectivity index (χ2n) is 5.82. The summed E-state index contributed by atoms with van der Waals surface area (Å²) in [6, 6.07) is 10.5. The monoisotopic (exact) mass is 335 g/mol. The molecule has 4 nitrogen and oxygen atoms in total. The van der Waals surface area contributed by atoms with E-state index >= 15 is 0 Å². The van der Waals surface area contributed by atoms with Gasteiger partial charge >= 0.3 is 0 Å². The van der Waals surface area contributed by atoms with Gasteiger partial charge in [0.25, 0.3) is 0 Å². The molecule has 1 fully saturated rings. The second-order valence-corrected chi connectivity index (χ2v) is 7.55. The molecule has 1 saturated heterocycles. The van der Waals surface area contributed by atoms with Gasteiger partial charge in [-0.05, 0) is 30.6 Å². The molecule has 0 aliphatic carbocycles. The molecule has 0 amide bonds.